The molecule has 0 N–H and O–H groups in total. The second-order valence-corrected chi connectivity index (χ2v) is 10.2. The minimum Gasteiger partial charge on any atom is -0.429 e. The smallest absolute Gasteiger partial charge is 0.429 e. The quantitative estimate of drug-likeness (QED) is 0.147. The zero-order valence-corrected chi connectivity index (χ0v) is 24.0. The number of alkyl halides is 5. The molecule has 0 bridgehead atoms. The molecule has 0 fully saturated rings. The Bertz CT molecular complexity index is 1730. The van der Waals surface area contributed by atoms with Crippen molar-refractivity contribution in [2.45, 2.75) is 45.1 Å². The van der Waals surface area contributed by atoms with E-state index in [1.165, 1.54) is 24.3 Å². The van der Waals surface area contributed by atoms with Crippen LogP contribution in [0.3, 0.4) is 0 Å². The fraction of sp³-hybridized carbons (Fsp3) is 0.212. The lowest BCUT2D eigenvalue weighted by Gasteiger charge is -2.20. The van der Waals surface area contributed by atoms with Gasteiger partial charge in [-0.25, -0.2) is 30.7 Å². The van der Waals surface area contributed by atoms with Gasteiger partial charge in [0.05, 0.1) is 0 Å². The molecular weight excluding hydrogens is 656 g/mol. The van der Waals surface area contributed by atoms with Gasteiger partial charge in [0.2, 0.25) is 5.75 Å². The number of hydrogen-bond acceptors (Lipinski definition) is 2. The standard InChI is InChI=1S/C33H22F12O2/c1-2-3-23(34)30(40)19-8-6-17(7-9-19)4-5-18-12-25(36)29(26(37)13-18)32(41,42)46-21-10-11-22(24(35)16-21)20-14-27(38)31(28(39)15-20)47-33(43,44)45/h6-16H,2-5H2,1H3/b30-23+. The molecule has 0 aliphatic rings. The van der Waals surface area contributed by atoms with Crippen LogP contribution in [0.2, 0.25) is 0 Å². The molecule has 0 unspecified atom stereocenters. The van der Waals surface area contributed by atoms with Crippen molar-refractivity contribution in [1.29, 1.82) is 0 Å². The van der Waals surface area contributed by atoms with Crippen molar-refractivity contribution in [2.24, 2.45) is 0 Å². The Morgan fingerprint density at radius 2 is 1.21 bits per heavy atom. The molecule has 250 valence electrons. The Morgan fingerprint density at radius 3 is 1.74 bits per heavy atom. The highest BCUT2D eigenvalue weighted by Crippen LogP contribution is 2.38. The van der Waals surface area contributed by atoms with Gasteiger partial charge in [-0.3, -0.25) is 0 Å². The van der Waals surface area contributed by atoms with Gasteiger partial charge in [0.25, 0.3) is 0 Å². The van der Waals surface area contributed by atoms with Gasteiger partial charge in [-0.1, -0.05) is 31.2 Å². The molecule has 0 radical (unpaired) electrons. The van der Waals surface area contributed by atoms with Crippen LogP contribution in [0.15, 0.2) is 72.6 Å². The Hall–Kier alpha value is -4.62. The number of halogens is 12. The van der Waals surface area contributed by atoms with Gasteiger partial charge in [-0.05, 0) is 72.4 Å². The maximum absolute atomic E-state index is 14.9. The molecule has 0 spiro atoms. The number of allylic oxidation sites excluding steroid dienone is 1. The highest BCUT2D eigenvalue weighted by atomic mass is 19.4. The lowest BCUT2D eigenvalue weighted by molar-refractivity contribution is -0.276. The summed E-state index contributed by atoms with van der Waals surface area (Å²) in [4.78, 5) is 0. The molecule has 4 aromatic rings. The van der Waals surface area contributed by atoms with E-state index in [-0.39, 0.29) is 30.4 Å². The van der Waals surface area contributed by atoms with E-state index in [9.17, 15) is 52.7 Å². The summed E-state index contributed by atoms with van der Waals surface area (Å²) in [5, 5.41) is 0. The Morgan fingerprint density at radius 1 is 0.638 bits per heavy atom. The number of benzene rings is 4. The summed E-state index contributed by atoms with van der Waals surface area (Å²) in [7, 11) is 0. The Balaban J connectivity index is 1.48. The Labute approximate surface area is 259 Å². The first-order valence-electron chi connectivity index (χ1n) is 13.7. The first-order valence-corrected chi connectivity index (χ1v) is 13.7. The summed E-state index contributed by atoms with van der Waals surface area (Å²) in [6, 6.07) is 9.22. The van der Waals surface area contributed by atoms with Crippen LogP contribution in [-0.2, 0) is 19.0 Å². The third kappa shape index (κ3) is 8.60. The predicted molar refractivity (Wildman–Crippen MR) is 147 cm³/mol. The van der Waals surface area contributed by atoms with Gasteiger partial charge in [0.1, 0.15) is 34.6 Å². The summed E-state index contributed by atoms with van der Waals surface area (Å²) in [6.45, 7) is 1.69. The van der Waals surface area contributed by atoms with Crippen LogP contribution in [0, 0.1) is 29.1 Å². The van der Waals surface area contributed by atoms with Crippen LogP contribution < -0.4 is 9.47 Å². The van der Waals surface area contributed by atoms with Gasteiger partial charge >= 0.3 is 12.5 Å². The molecule has 0 aliphatic heterocycles. The minimum atomic E-state index is -5.43. The summed E-state index contributed by atoms with van der Waals surface area (Å²) in [5.74, 6) is -13.1. The fourth-order valence-corrected chi connectivity index (χ4v) is 4.56. The van der Waals surface area contributed by atoms with E-state index in [0.29, 0.717) is 54.4 Å². The minimum absolute atomic E-state index is 0.00862. The van der Waals surface area contributed by atoms with Crippen LogP contribution in [-0.4, -0.2) is 6.36 Å². The second-order valence-electron chi connectivity index (χ2n) is 10.2. The number of hydrogen-bond donors (Lipinski definition) is 0. The van der Waals surface area contributed by atoms with Crippen molar-refractivity contribution in [3.63, 3.8) is 0 Å². The highest BCUT2D eigenvalue weighted by molar-refractivity contribution is 5.66. The molecule has 0 aromatic heterocycles. The van der Waals surface area contributed by atoms with E-state index < -0.39 is 81.4 Å². The molecule has 2 nitrogen and oxygen atoms in total. The van der Waals surface area contributed by atoms with Crippen LogP contribution >= 0.6 is 0 Å². The summed E-state index contributed by atoms with van der Waals surface area (Å²) in [6.07, 6.45) is -9.64. The molecular formula is C33H22F12O2. The van der Waals surface area contributed by atoms with Crippen LogP contribution in [0.1, 0.15) is 42.0 Å². The SMILES string of the molecule is CCC/C(F)=C(\F)c1ccc(CCc2cc(F)c(C(F)(F)Oc3ccc(-c4cc(F)c(OC(F)(F)F)c(F)c4)c(F)c3)c(F)c2)cc1. The maximum atomic E-state index is 14.9. The van der Waals surface area contributed by atoms with Gasteiger partial charge < -0.3 is 9.47 Å². The lowest BCUT2D eigenvalue weighted by atomic mass is 10.0. The first-order chi connectivity index (χ1) is 22.0. The molecule has 0 saturated carbocycles. The zero-order chi connectivity index (χ0) is 34.7. The lowest BCUT2D eigenvalue weighted by Crippen LogP contribution is -2.25. The largest absolute Gasteiger partial charge is 0.573 e. The van der Waals surface area contributed by atoms with Crippen molar-refractivity contribution in [3.8, 4) is 22.6 Å². The van der Waals surface area contributed by atoms with Crippen LogP contribution in [0.5, 0.6) is 11.5 Å². The van der Waals surface area contributed by atoms with Gasteiger partial charge in [-0.2, -0.15) is 8.78 Å². The molecule has 0 saturated heterocycles. The molecule has 0 aliphatic carbocycles. The Kier molecular flexibility index (Phi) is 10.5. The average molecular weight is 679 g/mol. The van der Waals surface area contributed by atoms with Crippen LogP contribution in [0.25, 0.3) is 17.0 Å². The van der Waals surface area contributed by atoms with Gasteiger partial charge in [0.15, 0.2) is 17.5 Å². The maximum Gasteiger partial charge on any atom is 0.573 e. The monoisotopic (exact) mass is 678 g/mol. The zero-order valence-electron chi connectivity index (χ0n) is 24.0. The first kappa shape index (κ1) is 35.2. The van der Waals surface area contributed by atoms with E-state index in [1.807, 2.05) is 0 Å². The molecule has 4 rings (SSSR count). The molecule has 47 heavy (non-hydrogen) atoms. The topological polar surface area (TPSA) is 18.5 Å². The number of ether oxygens (including phenoxy) is 2. The highest BCUT2D eigenvalue weighted by Gasteiger charge is 2.41. The molecule has 0 heterocycles. The van der Waals surface area contributed by atoms with Crippen molar-refractivity contribution in [1.82, 2.24) is 0 Å². The molecule has 4 aromatic carbocycles. The molecule has 14 heteroatoms. The average Bonchev–Trinajstić information content (AvgIpc) is 2.96. The fourth-order valence-electron chi connectivity index (χ4n) is 4.56. The van der Waals surface area contributed by atoms with Crippen molar-refractivity contribution < 1.29 is 62.2 Å². The van der Waals surface area contributed by atoms with Crippen molar-refractivity contribution in [3.05, 3.63) is 124 Å². The number of aryl methyl sites for hydroxylation is 2. The summed E-state index contributed by atoms with van der Waals surface area (Å²) < 4.78 is 175. The van der Waals surface area contributed by atoms with E-state index in [1.54, 1.807) is 6.92 Å². The summed E-state index contributed by atoms with van der Waals surface area (Å²) in [5.41, 5.74) is -2.50. The normalized spacial score (nSPS) is 12.6. The molecule has 0 atom stereocenters. The molecule has 0 amide bonds. The van der Waals surface area contributed by atoms with Gasteiger partial charge in [-0.15, -0.1) is 13.2 Å². The third-order valence-electron chi connectivity index (χ3n) is 6.72. The second kappa shape index (κ2) is 14.0. The number of rotatable bonds is 11. The van der Waals surface area contributed by atoms with Gasteiger partial charge in [0, 0.05) is 23.6 Å². The van der Waals surface area contributed by atoms with Crippen molar-refractivity contribution >= 4 is 5.83 Å². The predicted octanol–water partition coefficient (Wildman–Crippen LogP) is 11.3. The van der Waals surface area contributed by atoms with Crippen molar-refractivity contribution in [2.75, 3.05) is 0 Å². The third-order valence-corrected chi connectivity index (χ3v) is 6.72. The van der Waals surface area contributed by atoms with E-state index in [4.69, 9.17) is 0 Å². The van der Waals surface area contributed by atoms with Crippen LogP contribution in [0.4, 0.5) is 52.7 Å². The van der Waals surface area contributed by atoms with E-state index in [0.717, 1.165) is 0 Å². The summed E-state index contributed by atoms with van der Waals surface area (Å²) >= 11 is 0. The van der Waals surface area contributed by atoms with E-state index >= 15 is 0 Å². The van der Waals surface area contributed by atoms with E-state index in [2.05, 4.69) is 9.47 Å².